The fraction of sp³-hybridized carbons (Fsp3) is 0.417. The third kappa shape index (κ3) is 4.85. The molecular weight excluding hydrogens is 402 g/mol. The minimum Gasteiger partial charge on any atom is -0.473 e. The summed E-state index contributed by atoms with van der Waals surface area (Å²) in [4.78, 5) is 26.0. The number of hydrogen-bond acceptors (Lipinski definition) is 4. The van der Waals surface area contributed by atoms with Crippen LogP contribution in [0.4, 0.5) is 0 Å². The van der Waals surface area contributed by atoms with Crippen LogP contribution in [0.3, 0.4) is 0 Å². The van der Waals surface area contributed by atoms with Crippen LogP contribution in [0.1, 0.15) is 48.3 Å². The molecule has 0 heterocycles. The van der Waals surface area contributed by atoms with Gasteiger partial charge in [-0.05, 0) is 81.6 Å². The van der Waals surface area contributed by atoms with Crippen LogP contribution in [0.25, 0.3) is 0 Å². The maximum atomic E-state index is 12.4. The summed E-state index contributed by atoms with van der Waals surface area (Å²) in [6.45, 7) is 0.802. The Bertz CT molecular complexity index is 914. The average Bonchev–Trinajstić information content (AvgIpc) is 2.85. The molecule has 0 amide bonds. The van der Waals surface area contributed by atoms with Gasteiger partial charge in [0.25, 0.3) is 0 Å². The second-order valence-corrected chi connectivity index (χ2v) is 8.58. The molecule has 1 aliphatic carbocycles. The van der Waals surface area contributed by atoms with Crippen molar-refractivity contribution in [1.82, 2.24) is 4.90 Å². The van der Waals surface area contributed by atoms with E-state index in [0.29, 0.717) is 11.4 Å². The lowest BCUT2D eigenvalue weighted by molar-refractivity contribution is -0.179. The highest BCUT2D eigenvalue weighted by molar-refractivity contribution is 6.30. The molecule has 1 N–H and O–H groups in total. The Morgan fingerprint density at radius 1 is 1.20 bits per heavy atom. The van der Waals surface area contributed by atoms with Gasteiger partial charge < -0.3 is 14.7 Å². The van der Waals surface area contributed by atoms with Crippen LogP contribution in [-0.4, -0.2) is 42.6 Å². The summed E-state index contributed by atoms with van der Waals surface area (Å²) in [5, 5.41) is 9.96. The van der Waals surface area contributed by atoms with Gasteiger partial charge in [0.2, 0.25) is 0 Å². The van der Waals surface area contributed by atoms with Crippen molar-refractivity contribution in [1.29, 1.82) is 0 Å². The molecule has 3 rings (SSSR count). The van der Waals surface area contributed by atoms with Crippen LogP contribution in [0.15, 0.2) is 48.5 Å². The number of aryl methyl sites for hydroxylation is 1. The fourth-order valence-corrected chi connectivity index (χ4v) is 4.78. The molecule has 30 heavy (non-hydrogen) atoms. The largest absolute Gasteiger partial charge is 0.473 e. The van der Waals surface area contributed by atoms with Crippen molar-refractivity contribution < 1.29 is 19.4 Å². The number of carbonyl (C=O) groups excluding carboxylic acids is 1. The van der Waals surface area contributed by atoms with Gasteiger partial charge in [-0.3, -0.25) is 0 Å². The van der Waals surface area contributed by atoms with E-state index < -0.39 is 17.5 Å². The molecule has 5 nitrogen and oxygen atoms in total. The number of esters is 1. The Morgan fingerprint density at radius 2 is 1.97 bits per heavy atom. The minimum atomic E-state index is -1.58. The number of hydrogen-bond donors (Lipinski definition) is 1. The van der Waals surface area contributed by atoms with Crippen LogP contribution in [-0.2, 0) is 26.3 Å². The zero-order valence-electron chi connectivity index (χ0n) is 17.4. The first-order chi connectivity index (χ1) is 14.3. The summed E-state index contributed by atoms with van der Waals surface area (Å²) in [6, 6.07) is 15.5. The van der Waals surface area contributed by atoms with Gasteiger partial charge in [0.15, 0.2) is 0 Å². The van der Waals surface area contributed by atoms with Gasteiger partial charge in [-0.2, -0.15) is 0 Å². The van der Waals surface area contributed by atoms with Crippen molar-refractivity contribution in [2.24, 2.45) is 0 Å². The molecule has 0 saturated heterocycles. The topological polar surface area (TPSA) is 66.8 Å². The number of ether oxygens (including phenoxy) is 1. The van der Waals surface area contributed by atoms with Crippen molar-refractivity contribution in [2.45, 2.75) is 43.6 Å². The predicted octanol–water partition coefficient (Wildman–Crippen LogP) is 4.63. The van der Waals surface area contributed by atoms with E-state index in [0.717, 1.165) is 48.9 Å². The minimum absolute atomic E-state index is 0.190. The van der Waals surface area contributed by atoms with Gasteiger partial charge in [-0.15, -0.1) is 0 Å². The molecule has 0 fully saturated rings. The number of carboxylic acids is 1. The Hall–Kier alpha value is -2.37. The molecule has 0 saturated carbocycles. The van der Waals surface area contributed by atoms with Gasteiger partial charge in [0.05, 0.1) is 0 Å². The van der Waals surface area contributed by atoms with E-state index in [2.05, 4.69) is 4.90 Å². The maximum Gasteiger partial charge on any atom is 0.418 e. The molecule has 0 bridgehead atoms. The van der Waals surface area contributed by atoms with Crippen LogP contribution >= 0.6 is 11.6 Å². The second kappa shape index (κ2) is 9.63. The maximum absolute atomic E-state index is 12.4. The van der Waals surface area contributed by atoms with Gasteiger partial charge in [-0.25, -0.2) is 9.59 Å². The summed E-state index contributed by atoms with van der Waals surface area (Å²) in [5.74, 6) is -2.98. The van der Waals surface area contributed by atoms with Crippen molar-refractivity contribution >= 4 is 23.5 Å². The fourth-order valence-electron chi connectivity index (χ4n) is 4.58. The number of carbonyl (C=O) groups is 2. The number of nitrogens with zero attached hydrogens (tertiary/aromatic N) is 1. The lowest BCUT2D eigenvalue weighted by atomic mass is 9.73. The standard InChI is InChI=1S/C24H28ClNO4/c1-26(2)15-7-14-24(30-23(29)22(27)28)20-12-4-3-8-17(20)9-6-13-21(24)18-10-5-11-19(25)16-18/h3-5,8,10-12,16,21H,6-7,9,13-15H2,1-2H3,(H,27,28)/t21-,24+/m1/s1. The van der Waals surface area contributed by atoms with E-state index in [1.807, 2.05) is 62.6 Å². The highest BCUT2D eigenvalue weighted by Crippen LogP contribution is 2.50. The molecule has 0 radical (unpaired) electrons. The van der Waals surface area contributed by atoms with E-state index in [1.165, 1.54) is 0 Å². The lowest BCUT2D eigenvalue weighted by Gasteiger charge is -2.41. The summed E-state index contributed by atoms with van der Waals surface area (Å²) in [5.41, 5.74) is 1.90. The van der Waals surface area contributed by atoms with E-state index in [1.54, 1.807) is 0 Å². The number of carboxylic acid groups (broad SMARTS) is 1. The first-order valence-corrected chi connectivity index (χ1v) is 10.7. The van der Waals surface area contributed by atoms with E-state index in [-0.39, 0.29) is 5.92 Å². The Labute approximate surface area is 182 Å². The van der Waals surface area contributed by atoms with Gasteiger partial charge in [0.1, 0.15) is 5.60 Å². The smallest absolute Gasteiger partial charge is 0.418 e. The molecule has 2 aromatic carbocycles. The SMILES string of the molecule is CN(C)CCC[C@]1(OC(=O)C(=O)O)c2ccccc2CCC[C@@H]1c1cccc(Cl)c1. The van der Waals surface area contributed by atoms with Crippen molar-refractivity contribution in [3.8, 4) is 0 Å². The van der Waals surface area contributed by atoms with E-state index >= 15 is 0 Å². The Kier molecular flexibility index (Phi) is 7.16. The number of aliphatic carboxylic acids is 1. The molecule has 0 spiro atoms. The zero-order chi connectivity index (χ0) is 21.7. The van der Waals surface area contributed by atoms with E-state index in [4.69, 9.17) is 16.3 Å². The molecule has 0 aliphatic heterocycles. The van der Waals surface area contributed by atoms with Gasteiger partial charge in [-0.1, -0.05) is 48.0 Å². The highest BCUT2D eigenvalue weighted by atomic mass is 35.5. The quantitative estimate of drug-likeness (QED) is 0.412. The molecule has 0 aromatic heterocycles. The van der Waals surface area contributed by atoms with Crippen LogP contribution in [0.5, 0.6) is 0 Å². The molecule has 0 unspecified atom stereocenters. The van der Waals surface area contributed by atoms with Gasteiger partial charge >= 0.3 is 11.9 Å². The van der Waals surface area contributed by atoms with Crippen LogP contribution in [0.2, 0.25) is 5.02 Å². The van der Waals surface area contributed by atoms with Gasteiger partial charge in [0, 0.05) is 10.9 Å². The normalized spacial score (nSPS) is 21.0. The number of rotatable bonds is 6. The first kappa shape index (κ1) is 22.3. The third-order valence-electron chi connectivity index (χ3n) is 5.83. The van der Waals surface area contributed by atoms with Crippen molar-refractivity contribution in [2.75, 3.05) is 20.6 Å². The third-order valence-corrected chi connectivity index (χ3v) is 6.06. The summed E-state index contributed by atoms with van der Waals surface area (Å²) in [7, 11) is 3.98. The van der Waals surface area contributed by atoms with Crippen LogP contribution < -0.4 is 0 Å². The van der Waals surface area contributed by atoms with Crippen LogP contribution in [0, 0.1) is 0 Å². The van der Waals surface area contributed by atoms with E-state index in [9.17, 15) is 14.7 Å². The number of halogens is 1. The number of benzene rings is 2. The molecule has 2 atom stereocenters. The highest BCUT2D eigenvalue weighted by Gasteiger charge is 2.47. The Morgan fingerprint density at radius 3 is 2.67 bits per heavy atom. The lowest BCUT2D eigenvalue weighted by Crippen LogP contribution is -2.41. The molecule has 1 aliphatic rings. The predicted molar refractivity (Wildman–Crippen MR) is 117 cm³/mol. The first-order valence-electron chi connectivity index (χ1n) is 10.3. The monoisotopic (exact) mass is 429 g/mol. The molecule has 2 aromatic rings. The second-order valence-electron chi connectivity index (χ2n) is 8.15. The Balaban J connectivity index is 2.18. The summed E-state index contributed by atoms with van der Waals surface area (Å²) >= 11 is 6.29. The zero-order valence-corrected chi connectivity index (χ0v) is 18.2. The molecule has 6 heteroatoms. The van der Waals surface area contributed by atoms with Crippen molar-refractivity contribution in [3.05, 3.63) is 70.2 Å². The number of fused-ring (bicyclic) bond motifs is 1. The molecule has 160 valence electrons. The molecular formula is C24H28ClNO4. The summed E-state index contributed by atoms with van der Waals surface area (Å²) < 4.78 is 5.94. The average molecular weight is 430 g/mol. The summed E-state index contributed by atoms with van der Waals surface area (Å²) in [6.07, 6.45) is 3.81. The van der Waals surface area contributed by atoms with Crippen molar-refractivity contribution in [3.63, 3.8) is 0 Å².